The van der Waals surface area contributed by atoms with E-state index in [1.54, 1.807) is 0 Å². The molecule has 0 unspecified atom stereocenters. The molecule has 5 nitrogen and oxygen atoms in total. The quantitative estimate of drug-likeness (QED) is 0.738. The van der Waals surface area contributed by atoms with E-state index in [4.69, 9.17) is 5.11 Å². The molecule has 0 fully saturated rings. The zero-order valence-corrected chi connectivity index (χ0v) is 10.7. The molecule has 0 aliphatic rings. The maximum absolute atomic E-state index is 11.3. The van der Waals surface area contributed by atoms with E-state index in [2.05, 4.69) is 19.6 Å². The Morgan fingerprint density at radius 1 is 1.25 bits per heavy atom. The van der Waals surface area contributed by atoms with E-state index in [9.17, 15) is 9.59 Å². The lowest BCUT2D eigenvalue weighted by Crippen LogP contribution is -2.31. The smallest absolute Gasteiger partial charge is 0.317 e. The predicted molar refractivity (Wildman–Crippen MR) is 64.1 cm³/mol. The summed E-state index contributed by atoms with van der Waals surface area (Å²) in [7, 11) is 0. The Bertz CT molecular complexity index is 201. The molecule has 1 amide bonds. The summed E-state index contributed by atoms with van der Waals surface area (Å²) in [6, 6.07) is 0. The molecule has 0 heterocycles. The van der Waals surface area contributed by atoms with E-state index < -0.39 is 5.97 Å². The van der Waals surface area contributed by atoms with Gasteiger partial charge >= 0.3 is 5.97 Å². The minimum absolute atomic E-state index is 0.278. The van der Waals surface area contributed by atoms with Crippen LogP contribution in [0.1, 0.15) is 34.1 Å². The van der Waals surface area contributed by atoms with E-state index in [0.717, 1.165) is 13.1 Å². The summed E-state index contributed by atoms with van der Waals surface area (Å²) in [4.78, 5) is 22.5. The Labute approximate surface area is 97.6 Å². The molecule has 96 valence electrons. The van der Waals surface area contributed by atoms with Gasteiger partial charge in [-0.15, -0.1) is 0 Å². The summed E-state index contributed by atoms with van der Waals surface area (Å²) in [5.74, 6) is -0.210. The maximum atomic E-state index is 11.3. The van der Waals surface area contributed by atoms with Crippen LogP contribution in [0, 0.1) is 5.92 Å². The third-order valence-corrected chi connectivity index (χ3v) is 1.87. The zero-order chi connectivity index (χ0) is 13.1. The molecular formula is C11H24N2O3. The fourth-order valence-corrected chi connectivity index (χ4v) is 1.05. The minimum Gasteiger partial charge on any atom is -0.480 e. The molecule has 0 aromatic rings. The molecule has 0 aromatic heterocycles. The van der Waals surface area contributed by atoms with Crippen molar-refractivity contribution in [1.29, 1.82) is 0 Å². The summed E-state index contributed by atoms with van der Waals surface area (Å²) in [6.45, 7) is 9.57. The molecule has 3 N–H and O–H groups in total. The molecule has 0 atom stereocenters. The fraction of sp³-hybridized carbons (Fsp3) is 0.818. The Hall–Kier alpha value is -1.10. The molecule has 0 aromatic carbocycles. The van der Waals surface area contributed by atoms with Crippen molar-refractivity contribution >= 4 is 11.9 Å². The minimum atomic E-state index is -0.968. The molecule has 0 rings (SSSR count). The van der Waals surface area contributed by atoms with Crippen LogP contribution >= 0.6 is 0 Å². The van der Waals surface area contributed by atoms with Crippen molar-refractivity contribution in [3.8, 4) is 0 Å². The number of amides is 1. The molecule has 0 spiro atoms. The maximum Gasteiger partial charge on any atom is 0.317 e. The van der Waals surface area contributed by atoms with Crippen LogP contribution in [0.2, 0.25) is 0 Å². The molecule has 0 radical (unpaired) electrons. The molecule has 0 bridgehead atoms. The van der Waals surface area contributed by atoms with Gasteiger partial charge in [-0.05, 0) is 19.8 Å². The number of carboxylic acid groups (broad SMARTS) is 1. The number of aliphatic carboxylic acids is 1. The Balaban J connectivity index is 0. The van der Waals surface area contributed by atoms with Crippen LogP contribution in [-0.2, 0) is 9.59 Å². The van der Waals surface area contributed by atoms with Gasteiger partial charge in [0.25, 0.3) is 0 Å². The summed E-state index contributed by atoms with van der Waals surface area (Å²) in [5.41, 5.74) is 4.57. The standard InChI is InChI=1S/C9H19NO.C2H5NO2/c1-5-10(6-2)9(11)7-8(3)4;3-1-2(4)5/h8H,5-7H2,1-4H3;1,3H2,(H,4,5). The largest absolute Gasteiger partial charge is 0.480 e. The average Bonchev–Trinajstić information content (AvgIpc) is 2.19. The van der Waals surface area contributed by atoms with Crippen LogP contribution in [0.3, 0.4) is 0 Å². The lowest BCUT2D eigenvalue weighted by Gasteiger charge is -2.19. The van der Waals surface area contributed by atoms with E-state index in [1.807, 2.05) is 18.7 Å². The highest BCUT2D eigenvalue weighted by Gasteiger charge is 2.10. The predicted octanol–water partition coefficient (Wildman–Crippen LogP) is 0.931. The van der Waals surface area contributed by atoms with Gasteiger partial charge in [-0.3, -0.25) is 9.59 Å². The molecule has 16 heavy (non-hydrogen) atoms. The summed E-state index contributed by atoms with van der Waals surface area (Å²) < 4.78 is 0. The second-order valence-electron chi connectivity index (χ2n) is 3.76. The SMILES string of the molecule is CCN(CC)C(=O)CC(C)C.NCC(=O)O. The lowest BCUT2D eigenvalue weighted by atomic mass is 10.1. The van der Waals surface area contributed by atoms with Crippen LogP contribution in [0.25, 0.3) is 0 Å². The van der Waals surface area contributed by atoms with E-state index in [1.165, 1.54) is 0 Å². The van der Waals surface area contributed by atoms with Gasteiger partial charge < -0.3 is 15.7 Å². The Morgan fingerprint density at radius 2 is 1.62 bits per heavy atom. The summed E-state index contributed by atoms with van der Waals surface area (Å²) in [6.07, 6.45) is 0.682. The topological polar surface area (TPSA) is 83.6 Å². The molecule has 5 heteroatoms. The van der Waals surface area contributed by atoms with E-state index >= 15 is 0 Å². The number of carbonyl (C=O) groups is 2. The first kappa shape index (κ1) is 17.3. The van der Waals surface area contributed by atoms with E-state index in [-0.39, 0.29) is 12.5 Å². The first-order valence-electron chi connectivity index (χ1n) is 5.58. The zero-order valence-electron chi connectivity index (χ0n) is 10.7. The highest BCUT2D eigenvalue weighted by atomic mass is 16.4. The number of hydrogen-bond donors (Lipinski definition) is 2. The van der Waals surface area contributed by atoms with Gasteiger partial charge in [0.05, 0.1) is 6.54 Å². The Kier molecular flexibility index (Phi) is 11.3. The van der Waals surface area contributed by atoms with Crippen molar-refractivity contribution < 1.29 is 14.7 Å². The van der Waals surface area contributed by atoms with Crippen molar-refractivity contribution in [2.24, 2.45) is 11.7 Å². The second kappa shape index (κ2) is 10.4. The highest BCUT2D eigenvalue weighted by molar-refractivity contribution is 5.76. The van der Waals surface area contributed by atoms with Crippen molar-refractivity contribution in [2.75, 3.05) is 19.6 Å². The third kappa shape index (κ3) is 11.0. The number of nitrogens with zero attached hydrogens (tertiary/aromatic N) is 1. The van der Waals surface area contributed by atoms with Crippen molar-refractivity contribution in [1.82, 2.24) is 4.90 Å². The van der Waals surface area contributed by atoms with Crippen LogP contribution < -0.4 is 5.73 Å². The molecule has 0 saturated carbocycles. The van der Waals surface area contributed by atoms with E-state index in [0.29, 0.717) is 12.3 Å². The number of rotatable bonds is 5. The van der Waals surface area contributed by atoms with Crippen molar-refractivity contribution in [3.05, 3.63) is 0 Å². The van der Waals surface area contributed by atoms with Crippen LogP contribution in [0.5, 0.6) is 0 Å². The van der Waals surface area contributed by atoms with Crippen LogP contribution in [0.4, 0.5) is 0 Å². The average molecular weight is 232 g/mol. The van der Waals surface area contributed by atoms with Gasteiger partial charge in [-0.1, -0.05) is 13.8 Å². The first-order chi connectivity index (χ1) is 7.38. The highest BCUT2D eigenvalue weighted by Crippen LogP contribution is 2.03. The van der Waals surface area contributed by atoms with Gasteiger partial charge in [0.1, 0.15) is 0 Å². The summed E-state index contributed by atoms with van der Waals surface area (Å²) >= 11 is 0. The van der Waals surface area contributed by atoms with Gasteiger partial charge in [0.2, 0.25) is 5.91 Å². The molecule has 0 saturated heterocycles. The molecular weight excluding hydrogens is 208 g/mol. The van der Waals surface area contributed by atoms with Crippen molar-refractivity contribution in [2.45, 2.75) is 34.1 Å². The monoisotopic (exact) mass is 232 g/mol. The first-order valence-corrected chi connectivity index (χ1v) is 5.58. The second-order valence-corrected chi connectivity index (χ2v) is 3.76. The molecule has 0 aliphatic carbocycles. The van der Waals surface area contributed by atoms with Crippen molar-refractivity contribution in [3.63, 3.8) is 0 Å². The van der Waals surface area contributed by atoms with Gasteiger partial charge in [-0.2, -0.15) is 0 Å². The Morgan fingerprint density at radius 3 is 1.81 bits per heavy atom. The number of nitrogens with two attached hydrogens (primary N) is 1. The van der Waals surface area contributed by atoms with Gasteiger partial charge in [-0.25, -0.2) is 0 Å². The third-order valence-electron chi connectivity index (χ3n) is 1.87. The van der Waals surface area contributed by atoms with Gasteiger partial charge in [0, 0.05) is 19.5 Å². The fourth-order valence-electron chi connectivity index (χ4n) is 1.05. The normalized spacial score (nSPS) is 9.38. The van der Waals surface area contributed by atoms with Gasteiger partial charge in [0.15, 0.2) is 0 Å². The van der Waals surface area contributed by atoms with Crippen LogP contribution in [-0.4, -0.2) is 41.5 Å². The number of hydrogen-bond acceptors (Lipinski definition) is 3. The number of carboxylic acids is 1. The lowest BCUT2D eigenvalue weighted by molar-refractivity contribution is -0.135. The molecule has 0 aliphatic heterocycles. The summed E-state index contributed by atoms with van der Waals surface area (Å²) in [5, 5.41) is 7.60. The van der Waals surface area contributed by atoms with Crippen LogP contribution in [0.15, 0.2) is 0 Å². The number of carbonyl (C=O) groups excluding carboxylic acids is 1.